The van der Waals surface area contributed by atoms with E-state index in [9.17, 15) is 20.0 Å². The van der Waals surface area contributed by atoms with E-state index in [0.717, 1.165) is 0 Å². The Morgan fingerprint density at radius 3 is 3.00 bits per heavy atom. The Morgan fingerprint density at radius 1 is 1.62 bits per heavy atom. The molecule has 1 aromatic carbocycles. The van der Waals surface area contributed by atoms with Crippen LogP contribution in [0.5, 0.6) is 5.75 Å². The highest BCUT2D eigenvalue weighted by atomic mass is 16.6. The number of nitro groups is 1. The molecule has 1 N–H and O–H groups in total. The molecule has 0 radical (unpaired) electrons. The van der Waals surface area contributed by atoms with Gasteiger partial charge in [0, 0.05) is 6.54 Å². The first-order valence-corrected chi connectivity index (χ1v) is 6.53. The van der Waals surface area contributed by atoms with Gasteiger partial charge >= 0.3 is 11.7 Å². The second-order valence-corrected chi connectivity index (χ2v) is 4.44. The molecule has 1 aromatic rings. The fourth-order valence-electron chi connectivity index (χ4n) is 2.29. The number of carboxylic acids is 1. The normalized spacial score (nSPS) is 18.3. The summed E-state index contributed by atoms with van der Waals surface area (Å²) >= 11 is 0. The third-order valence-electron chi connectivity index (χ3n) is 3.18. The smallest absolute Gasteiger partial charge is 0.333 e. The summed E-state index contributed by atoms with van der Waals surface area (Å²) in [6.07, 6.45) is 0. The number of rotatable bonds is 5. The maximum atomic E-state index is 11.4. The van der Waals surface area contributed by atoms with Crippen molar-refractivity contribution in [2.45, 2.75) is 13.0 Å². The van der Waals surface area contributed by atoms with Gasteiger partial charge in [0.1, 0.15) is 5.69 Å². The number of aliphatic carboxylic acids is 1. The van der Waals surface area contributed by atoms with Gasteiger partial charge in [0.25, 0.3) is 0 Å². The molecule has 1 aliphatic rings. The van der Waals surface area contributed by atoms with Crippen LogP contribution in [0.1, 0.15) is 6.92 Å². The number of benzene rings is 1. The van der Waals surface area contributed by atoms with Crippen molar-refractivity contribution in [1.82, 2.24) is 0 Å². The predicted molar refractivity (Wildman–Crippen MR) is 73.9 cm³/mol. The number of anilines is 1. The van der Waals surface area contributed by atoms with Crippen LogP contribution in [0.25, 0.3) is 0 Å². The lowest BCUT2D eigenvalue weighted by Crippen LogP contribution is -2.50. The first kappa shape index (κ1) is 15.0. The molecule has 1 unspecified atom stereocenters. The number of hydrogen-bond acceptors (Lipinski definition) is 6. The third-order valence-corrected chi connectivity index (χ3v) is 3.18. The van der Waals surface area contributed by atoms with E-state index in [4.69, 9.17) is 9.47 Å². The maximum absolute atomic E-state index is 11.4. The molecule has 114 valence electrons. The first-order chi connectivity index (χ1) is 10.1. The predicted octanol–water partition coefficient (Wildman–Crippen LogP) is 1.28. The quantitative estimate of drug-likeness (QED) is 0.645. The van der Waals surface area contributed by atoms with Gasteiger partial charge in [-0.15, -0.1) is 0 Å². The summed E-state index contributed by atoms with van der Waals surface area (Å²) in [6.45, 7) is 2.60. The minimum absolute atomic E-state index is 0.00858. The van der Waals surface area contributed by atoms with Gasteiger partial charge in [-0.1, -0.05) is 6.07 Å². The second kappa shape index (κ2) is 6.40. The summed E-state index contributed by atoms with van der Waals surface area (Å²) in [5.41, 5.74) is 0.0224. The molecular weight excluding hydrogens is 280 g/mol. The van der Waals surface area contributed by atoms with Gasteiger partial charge in [-0.25, -0.2) is 4.79 Å². The summed E-state index contributed by atoms with van der Waals surface area (Å²) in [5.74, 6) is -0.943. The first-order valence-electron chi connectivity index (χ1n) is 6.53. The zero-order valence-electron chi connectivity index (χ0n) is 11.5. The Hall–Kier alpha value is -2.35. The minimum Gasteiger partial charge on any atom is -0.487 e. The molecule has 0 amide bonds. The standard InChI is InChI=1S/C13H16N2O6/c1-2-21-11-5-3-4-9(12(11)15(18)19)14-6-7-20-8-10(14)13(16)17/h3-5,10H,2,6-8H2,1H3,(H,16,17). The monoisotopic (exact) mass is 296 g/mol. The molecule has 0 saturated carbocycles. The number of morpholine rings is 1. The highest BCUT2D eigenvalue weighted by Crippen LogP contribution is 2.38. The Morgan fingerprint density at radius 2 is 2.38 bits per heavy atom. The lowest BCUT2D eigenvalue weighted by Gasteiger charge is -2.34. The molecule has 8 nitrogen and oxygen atoms in total. The van der Waals surface area contributed by atoms with Crippen molar-refractivity contribution in [2.75, 3.05) is 31.3 Å². The highest BCUT2D eigenvalue weighted by molar-refractivity contribution is 5.81. The van der Waals surface area contributed by atoms with E-state index in [2.05, 4.69) is 0 Å². The summed E-state index contributed by atoms with van der Waals surface area (Å²) in [5, 5.41) is 20.6. The molecule has 1 aliphatic heterocycles. The summed E-state index contributed by atoms with van der Waals surface area (Å²) < 4.78 is 10.4. The number of hydrogen-bond donors (Lipinski definition) is 1. The van der Waals surface area contributed by atoms with E-state index in [0.29, 0.717) is 6.61 Å². The van der Waals surface area contributed by atoms with Crippen molar-refractivity contribution < 1.29 is 24.3 Å². The fraction of sp³-hybridized carbons (Fsp3) is 0.462. The SMILES string of the molecule is CCOc1cccc(N2CCOCC2C(=O)O)c1[N+](=O)[O-]. The summed E-state index contributed by atoms with van der Waals surface area (Å²) in [6, 6.07) is 3.69. The number of ether oxygens (including phenoxy) is 2. The van der Waals surface area contributed by atoms with Crippen LogP contribution in [-0.2, 0) is 9.53 Å². The van der Waals surface area contributed by atoms with E-state index in [-0.39, 0.29) is 36.9 Å². The van der Waals surface area contributed by atoms with E-state index >= 15 is 0 Å². The zero-order chi connectivity index (χ0) is 15.4. The Labute approximate surface area is 121 Å². The molecule has 1 atom stereocenters. The van der Waals surface area contributed by atoms with Gasteiger partial charge in [-0.2, -0.15) is 0 Å². The van der Waals surface area contributed by atoms with E-state index in [1.807, 2.05) is 0 Å². The molecular formula is C13H16N2O6. The molecule has 8 heteroatoms. The van der Waals surface area contributed by atoms with Gasteiger partial charge in [0.05, 0.1) is 24.7 Å². The third kappa shape index (κ3) is 3.05. The van der Waals surface area contributed by atoms with Crippen LogP contribution >= 0.6 is 0 Å². The van der Waals surface area contributed by atoms with Gasteiger partial charge in [0.15, 0.2) is 11.8 Å². The Kier molecular flexibility index (Phi) is 4.59. The van der Waals surface area contributed by atoms with Crippen molar-refractivity contribution in [1.29, 1.82) is 0 Å². The van der Waals surface area contributed by atoms with E-state index in [1.165, 1.54) is 17.0 Å². The average molecular weight is 296 g/mol. The van der Waals surface area contributed by atoms with Crippen LogP contribution in [0.2, 0.25) is 0 Å². The van der Waals surface area contributed by atoms with Crippen molar-refractivity contribution >= 4 is 17.3 Å². The molecule has 2 rings (SSSR count). The topological polar surface area (TPSA) is 102 Å². The number of carbonyl (C=O) groups is 1. The fourth-order valence-corrected chi connectivity index (χ4v) is 2.29. The number of carboxylic acid groups (broad SMARTS) is 1. The summed E-state index contributed by atoms with van der Waals surface area (Å²) in [4.78, 5) is 23.6. The Balaban J connectivity index is 2.48. The van der Waals surface area contributed by atoms with Gasteiger partial charge in [-0.3, -0.25) is 10.1 Å². The van der Waals surface area contributed by atoms with Crippen LogP contribution in [0.3, 0.4) is 0 Å². The maximum Gasteiger partial charge on any atom is 0.333 e. The number of nitro benzene ring substituents is 1. The molecule has 0 aliphatic carbocycles. The van der Waals surface area contributed by atoms with Crippen molar-refractivity contribution in [2.24, 2.45) is 0 Å². The largest absolute Gasteiger partial charge is 0.487 e. The molecule has 1 saturated heterocycles. The molecule has 1 fully saturated rings. The average Bonchev–Trinajstić information content (AvgIpc) is 2.47. The number of para-hydroxylation sites is 1. The van der Waals surface area contributed by atoms with Crippen molar-refractivity contribution in [3.63, 3.8) is 0 Å². The van der Waals surface area contributed by atoms with E-state index < -0.39 is 16.9 Å². The number of nitrogens with zero attached hydrogens (tertiary/aromatic N) is 2. The van der Waals surface area contributed by atoms with Crippen LogP contribution in [0, 0.1) is 10.1 Å². The lowest BCUT2D eigenvalue weighted by atomic mass is 10.1. The molecule has 0 spiro atoms. The van der Waals surface area contributed by atoms with Gasteiger partial charge < -0.3 is 19.5 Å². The molecule has 1 heterocycles. The summed E-state index contributed by atoms with van der Waals surface area (Å²) in [7, 11) is 0. The second-order valence-electron chi connectivity index (χ2n) is 4.44. The highest BCUT2D eigenvalue weighted by Gasteiger charge is 2.34. The minimum atomic E-state index is -1.08. The van der Waals surface area contributed by atoms with Crippen LogP contribution in [0.4, 0.5) is 11.4 Å². The molecule has 0 aromatic heterocycles. The van der Waals surface area contributed by atoms with Crippen molar-refractivity contribution in [3.05, 3.63) is 28.3 Å². The molecule has 0 bridgehead atoms. The van der Waals surface area contributed by atoms with Gasteiger partial charge in [-0.05, 0) is 19.1 Å². The van der Waals surface area contributed by atoms with Crippen LogP contribution < -0.4 is 9.64 Å². The van der Waals surface area contributed by atoms with Crippen LogP contribution in [-0.4, -0.2) is 48.4 Å². The van der Waals surface area contributed by atoms with Gasteiger partial charge in [0.2, 0.25) is 0 Å². The zero-order valence-corrected chi connectivity index (χ0v) is 11.5. The van der Waals surface area contributed by atoms with E-state index in [1.54, 1.807) is 13.0 Å². The van der Waals surface area contributed by atoms with Crippen LogP contribution in [0.15, 0.2) is 18.2 Å². The Bertz CT molecular complexity index is 547. The molecule has 21 heavy (non-hydrogen) atoms. The lowest BCUT2D eigenvalue weighted by molar-refractivity contribution is -0.385. The van der Waals surface area contributed by atoms with Crippen molar-refractivity contribution in [3.8, 4) is 5.75 Å².